The lowest BCUT2D eigenvalue weighted by Gasteiger charge is -2.06. The largest absolute Gasteiger partial charge is 0.384 e. The summed E-state index contributed by atoms with van der Waals surface area (Å²) in [7, 11) is 0. The molecule has 0 bridgehead atoms. The number of rotatable bonds is 2. The van der Waals surface area contributed by atoms with E-state index in [1.165, 1.54) is 0 Å². The first-order valence-electron chi connectivity index (χ1n) is 8.13. The average Bonchev–Trinajstić information content (AvgIpc) is 3.06. The number of hydrogen-bond acceptors (Lipinski definition) is 6. The maximum absolute atomic E-state index is 9.29. The first-order chi connectivity index (χ1) is 13.1. The molecule has 3 aromatic heterocycles. The zero-order valence-corrected chi connectivity index (χ0v) is 14.4. The van der Waals surface area contributed by atoms with E-state index >= 15 is 0 Å². The van der Waals surface area contributed by atoms with E-state index < -0.39 is 0 Å². The fraction of sp³-hybridized carbons (Fsp3) is 0.0500. The Morgan fingerprint density at radius 2 is 1.85 bits per heavy atom. The highest BCUT2D eigenvalue weighted by atomic mass is 15.3. The molecule has 128 valence electrons. The summed E-state index contributed by atoms with van der Waals surface area (Å²) in [5.41, 5.74) is 11.0. The van der Waals surface area contributed by atoms with E-state index in [1.807, 2.05) is 25.1 Å². The fourth-order valence-corrected chi connectivity index (χ4v) is 3.02. The highest BCUT2D eigenvalue weighted by Gasteiger charge is 2.19. The van der Waals surface area contributed by atoms with Crippen LogP contribution in [0.4, 0.5) is 5.82 Å². The molecule has 7 nitrogen and oxygen atoms in total. The van der Waals surface area contributed by atoms with Gasteiger partial charge < -0.3 is 5.73 Å². The molecule has 3 heterocycles. The minimum atomic E-state index is 0.310. The zero-order chi connectivity index (χ0) is 19.0. The summed E-state index contributed by atoms with van der Waals surface area (Å²) in [6.45, 7) is 1.83. The molecule has 0 saturated heterocycles. The number of anilines is 1. The monoisotopic (exact) mass is 351 g/mol. The molecule has 0 radical (unpaired) electrons. The predicted molar refractivity (Wildman–Crippen MR) is 100 cm³/mol. The molecule has 4 rings (SSSR count). The van der Waals surface area contributed by atoms with Crippen molar-refractivity contribution in [2.45, 2.75) is 6.92 Å². The number of nitrogens with zero attached hydrogens (tertiary/aromatic N) is 6. The van der Waals surface area contributed by atoms with E-state index in [0.717, 1.165) is 16.7 Å². The van der Waals surface area contributed by atoms with Crippen LogP contribution in [0.2, 0.25) is 0 Å². The number of aromatic nitrogens is 4. The Labute approximate surface area is 155 Å². The second-order valence-corrected chi connectivity index (χ2v) is 6.03. The van der Waals surface area contributed by atoms with Crippen molar-refractivity contribution in [3.05, 3.63) is 65.6 Å². The van der Waals surface area contributed by atoms with Crippen LogP contribution in [0.25, 0.3) is 28.0 Å². The Bertz CT molecular complexity index is 1270. The fourth-order valence-electron chi connectivity index (χ4n) is 3.02. The van der Waals surface area contributed by atoms with Crippen molar-refractivity contribution in [3.8, 4) is 34.5 Å². The van der Waals surface area contributed by atoms with E-state index in [-0.39, 0.29) is 0 Å². The third-order valence-electron chi connectivity index (χ3n) is 4.13. The van der Waals surface area contributed by atoms with Gasteiger partial charge in [0.05, 0.1) is 17.2 Å². The second-order valence-electron chi connectivity index (χ2n) is 6.03. The van der Waals surface area contributed by atoms with Crippen LogP contribution in [0.3, 0.4) is 0 Å². The van der Waals surface area contributed by atoms with Crippen LogP contribution in [0, 0.1) is 29.6 Å². The number of aryl methyl sites for hydroxylation is 1. The van der Waals surface area contributed by atoms with Gasteiger partial charge in [0.15, 0.2) is 5.65 Å². The molecule has 7 heteroatoms. The van der Waals surface area contributed by atoms with Gasteiger partial charge in [-0.1, -0.05) is 12.1 Å². The number of nitriles is 2. The van der Waals surface area contributed by atoms with Crippen molar-refractivity contribution in [1.29, 1.82) is 10.5 Å². The zero-order valence-electron chi connectivity index (χ0n) is 14.4. The summed E-state index contributed by atoms with van der Waals surface area (Å²) >= 11 is 0. The van der Waals surface area contributed by atoms with Crippen LogP contribution in [0.1, 0.15) is 17.0 Å². The molecule has 0 saturated carbocycles. The molecule has 1 aromatic carbocycles. The summed E-state index contributed by atoms with van der Waals surface area (Å²) in [4.78, 5) is 8.65. The van der Waals surface area contributed by atoms with Gasteiger partial charge >= 0.3 is 0 Å². The first-order valence-corrected chi connectivity index (χ1v) is 8.13. The lowest BCUT2D eigenvalue weighted by Crippen LogP contribution is -1.95. The molecular formula is C20H13N7. The van der Waals surface area contributed by atoms with Crippen molar-refractivity contribution in [2.75, 3.05) is 5.73 Å². The molecule has 0 aliphatic rings. The topological polar surface area (TPSA) is 117 Å². The second kappa shape index (κ2) is 6.25. The lowest BCUT2D eigenvalue weighted by molar-refractivity contribution is 0.945. The molecule has 0 fully saturated rings. The SMILES string of the molecule is Cc1cc(-c2c(-c3cccc(C#N)c3)nn3ccc(N)nc23)cc(C#N)n1. The summed E-state index contributed by atoms with van der Waals surface area (Å²) < 4.78 is 1.64. The van der Waals surface area contributed by atoms with E-state index in [2.05, 4.69) is 27.2 Å². The van der Waals surface area contributed by atoms with Crippen molar-refractivity contribution < 1.29 is 0 Å². The molecule has 0 spiro atoms. The Balaban J connectivity index is 2.09. The van der Waals surface area contributed by atoms with Crippen LogP contribution in [0.5, 0.6) is 0 Å². The normalized spacial score (nSPS) is 10.5. The van der Waals surface area contributed by atoms with E-state index in [4.69, 9.17) is 5.73 Å². The molecule has 0 unspecified atom stereocenters. The number of hydrogen-bond donors (Lipinski definition) is 1. The predicted octanol–water partition coefficient (Wildman–Crippen LogP) is 3.09. The highest BCUT2D eigenvalue weighted by molar-refractivity contribution is 5.91. The number of benzene rings is 1. The Morgan fingerprint density at radius 1 is 1.00 bits per heavy atom. The molecule has 4 aromatic rings. The summed E-state index contributed by atoms with van der Waals surface area (Å²) in [6.07, 6.45) is 1.73. The summed E-state index contributed by atoms with van der Waals surface area (Å²) in [6, 6.07) is 16.7. The van der Waals surface area contributed by atoms with Gasteiger partial charge in [-0.2, -0.15) is 15.6 Å². The van der Waals surface area contributed by atoms with Crippen LogP contribution < -0.4 is 5.73 Å². The van der Waals surface area contributed by atoms with Gasteiger partial charge in [-0.25, -0.2) is 14.5 Å². The summed E-state index contributed by atoms with van der Waals surface area (Å²) in [5.74, 6) is 0.368. The molecule has 0 aliphatic heterocycles. The smallest absolute Gasteiger partial charge is 0.165 e. The standard InChI is InChI=1S/C20H13N7/c1-12-7-15(9-16(11-22)24-12)18-19(14-4-2-3-13(8-14)10-21)26-27-6-5-17(23)25-20(18)27/h2-9H,1H3,(H2,23,25). The Hall–Kier alpha value is -4.23. The summed E-state index contributed by atoms with van der Waals surface area (Å²) in [5, 5.41) is 23.2. The van der Waals surface area contributed by atoms with E-state index in [9.17, 15) is 10.5 Å². The Morgan fingerprint density at radius 3 is 2.63 bits per heavy atom. The number of nitrogens with two attached hydrogens (primary N) is 1. The van der Waals surface area contributed by atoms with Crippen molar-refractivity contribution in [3.63, 3.8) is 0 Å². The van der Waals surface area contributed by atoms with Gasteiger partial charge in [0.1, 0.15) is 23.3 Å². The number of fused-ring (bicyclic) bond motifs is 1. The van der Waals surface area contributed by atoms with Crippen LogP contribution in [-0.4, -0.2) is 19.6 Å². The van der Waals surface area contributed by atoms with Crippen molar-refractivity contribution in [2.24, 2.45) is 0 Å². The molecular weight excluding hydrogens is 338 g/mol. The van der Waals surface area contributed by atoms with Gasteiger partial charge in [0.2, 0.25) is 0 Å². The van der Waals surface area contributed by atoms with Crippen LogP contribution in [0.15, 0.2) is 48.7 Å². The first kappa shape index (κ1) is 16.2. The molecule has 0 atom stereocenters. The molecule has 2 N–H and O–H groups in total. The van der Waals surface area contributed by atoms with Crippen molar-refractivity contribution in [1.82, 2.24) is 19.6 Å². The van der Waals surface area contributed by atoms with Crippen LogP contribution >= 0.6 is 0 Å². The van der Waals surface area contributed by atoms with E-state index in [1.54, 1.807) is 35.0 Å². The number of pyridine rings is 1. The van der Waals surface area contributed by atoms with Gasteiger partial charge in [-0.05, 0) is 42.8 Å². The van der Waals surface area contributed by atoms with Crippen LogP contribution in [-0.2, 0) is 0 Å². The van der Waals surface area contributed by atoms with Gasteiger partial charge in [-0.15, -0.1) is 0 Å². The third kappa shape index (κ3) is 2.84. The maximum atomic E-state index is 9.29. The van der Waals surface area contributed by atoms with Gasteiger partial charge in [0, 0.05) is 17.5 Å². The molecule has 0 amide bonds. The Kier molecular flexibility index (Phi) is 3.76. The van der Waals surface area contributed by atoms with Gasteiger partial charge in [-0.3, -0.25) is 0 Å². The minimum absolute atomic E-state index is 0.310. The molecule has 0 aliphatic carbocycles. The minimum Gasteiger partial charge on any atom is -0.384 e. The molecule has 27 heavy (non-hydrogen) atoms. The lowest BCUT2D eigenvalue weighted by atomic mass is 9.99. The highest BCUT2D eigenvalue weighted by Crippen LogP contribution is 2.35. The van der Waals surface area contributed by atoms with E-state index in [0.29, 0.717) is 34.1 Å². The average molecular weight is 351 g/mol. The number of nitrogen functional groups attached to an aromatic ring is 1. The maximum Gasteiger partial charge on any atom is 0.165 e. The quantitative estimate of drug-likeness (QED) is 0.593. The third-order valence-corrected chi connectivity index (χ3v) is 4.13. The van der Waals surface area contributed by atoms with Crippen molar-refractivity contribution >= 4 is 11.5 Å². The van der Waals surface area contributed by atoms with Gasteiger partial charge in [0.25, 0.3) is 0 Å².